The van der Waals surface area contributed by atoms with Gasteiger partial charge in [0.05, 0.1) is 11.9 Å². The summed E-state index contributed by atoms with van der Waals surface area (Å²) in [6, 6.07) is 3.19. The second-order valence-corrected chi connectivity index (χ2v) is 12.0. The van der Waals surface area contributed by atoms with Crippen molar-refractivity contribution >= 4 is 35.5 Å². The lowest BCUT2D eigenvalue weighted by molar-refractivity contribution is -0.259. The number of carbonyl (C=O) groups is 2. The summed E-state index contributed by atoms with van der Waals surface area (Å²) in [4.78, 5) is 23.5. The van der Waals surface area contributed by atoms with Crippen LogP contribution in [0.2, 0.25) is 0 Å². The van der Waals surface area contributed by atoms with Crippen molar-refractivity contribution in [1.29, 1.82) is 0 Å². The molecule has 178 valence electrons. The number of aryl methyl sites for hydroxylation is 1. The topological polar surface area (TPSA) is 80.3 Å². The highest BCUT2D eigenvalue weighted by atomic mass is 32.2. The minimum atomic E-state index is -1.44. The molecule has 2 aliphatic carbocycles. The monoisotopic (exact) mass is 476 g/mol. The van der Waals surface area contributed by atoms with Crippen molar-refractivity contribution in [2.75, 3.05) is 11.5 Å². The first kappa shape index (κ1) is 25.5. The van der Waals surface area contributed by atoms with E-state index < -0.39 is 11.9 Å². The molecule has 0 spiro atoms. The quantitative estimate of drug-likeness (QED) is 0.416. The van der Waals surface area contributed by atoms with Crippen molar-refractivity contribution < 1.29 is 19.8 Å². The van der Waals surface area contributed by atoms with E-state index in [0.717, 1.165) is 46.8 Å². The van der Waals surface area contributed by atoms with Gasteiger partial charge in [-0.05, 0) is 74.0 Å². The predicted octanol–water partition coefficient (Wildman–Crippen LogP) is 4.41. The van der Waals surface area contributed by atoms with Gasteiger partial charge in [-0.15, -0.1) is 0 Å². The van der Waals surface area contributed by atoms with Crippen LogP contribution >= 0.6 is 23.5 Å². The maximum absolute atomic E-state index is 11.9. The van der Waals surface area contributed by atoms with E-state index in [-0.39, 0.29) is 11.1 Å². The Balaban J connectivity index is 1.62. The Morgan fingerprint density at radius 1 is 0.750 bits per heavy atom. The molecule has 1 aromatic rings. The third-order valence-corrected chi connectivity index (χ3v) is 9.74. The number of hydrogen-bond acceptors (Lipinski definition) is 6. The fourth-order valence-corrected chi connectivity index (χ4v) is 7.71. The number of thioether (sulfide) groups is 2. The van der Waals surface area contributed by atoms with Crippen LogP contribution in [0.1, 0.15) is 109 Å². The maximum atomic E-state index is 11.9. The van der Waals surface area contributed by atoms with E-state index in [2.05, 4.69) is 0 Å². The van der Waals surface area contributed by atoms with Gasteiger partial charge < -0.3 is 19.8 Å². The van der Waals surface area contributed by atoms with Crippen LogP contribution in [0.25, 0.3) is 0 Å². The third kappa shape index (κ3) is 7.72. The van der Waals surface area contributed by atoms with Gasteiger partial charge in [0.25, 0.3) is 0 Å². The summed E-state index contributed by atoms with van der Waals surface area (Å²) in [5.41, 5.74) is 1.20. The Labute approximate surface area is 201 Å². The van der Waals surface area contributed by atoms with Crippen LogP contribution in [0.3, 0.4) is 0 Å². The van der Waals surface area contributed by atoms with Crippen LogP contribution in [-0.2, 0) is 12.8 Å². The van der Waals surface area contributed by atoms with E-state index >= 15 is 0 Å². The highest BCUT2D eigenvalue weighted by molar-refractivity contribution is 8.00. The standard InChI is InChI=1S/C26H38O4S2/c27-25(28)23-16-15-19(9-7-17-31-20-10-3-1-4-11-20)22(24(23)26(29)30)14-8-18-32-21-12-5-2-6-13-21/h15-16,20-21H,1-14,17-18H2,(H,27,28)(H,29,30)/p-2. The van der Waals surface area contributed by atoms with Crippen molar-refractivity contribution in [2.24, 2.45) is 0 Å². The fraction of sp³-hybridized carbons (Fsp3) is 0.692. The van der Waals surface area contributed by atoms with Crippen LogP contribution in [0, 0.1) is 0 Å². The van der Waals surface area contributed by atoms with Crippen LogP contribution < -0.4 is 10.2 Å². The maximum Gasteiger partial charge on any atom is 0.0724 e. The molecule has 0 N–H and O–H groups in total. The smallest absolute Gasteiger partial charge is 0.0724 e. The zero-order valence-corrected chi connectivity index (χ0v) is 20.7. The van der Waals surface area contributed by atoms with Gasteiger partial charge in [-0.1, -0.05) is 50.7 Å². The summed E-state index contributed by atoms with van der Waals surface area (Å²) in [5, 5.41) is 24.9. The largest absolute Gasteiger partial charge is 0.545 e. The van der Waals surface area contributed by atoms with Crippen molar-refractivity contribution in [3.8, 4) is 0 Å². The number of carboxylic acids is 2. The molecule has 6 heteroatoms. The van der Waals surface area contributed by atoms with Gasteiger partial charge >= 0.3 is 0 Å². The first-order valence-corrected chi connectivity index (χ1v) is 14.5. The number of hydrogen-bond donors (Lipinski definition) is 0. The molecule has 32 heavy (non-hydrogen) atoms. The average Bonchev–Trinajstić information content (AvgIpc) is 2.80. The number of carbonyl (C=O) groups excluding carboxylic acids is 2. The summed E-state index contributed by atoms with van der Waals surface area (Å²) in [6.07, 6.45) is 16.3. The number of benzene rings is 1. The normalized spacial score (nSPS) is 18.0. The van der Waals surface area contributed by atoms with Crippen LogP contribution in [0.15, 0.2) is 12.1 Å². The van der Waals surface area contributed by atoms with Gasteiger partial charge in [0, 0.05) is 21.6 Å². The molecule has 0 saturated heterocycles. The summed E-state index contributed by atoms with van der Waals surface area (Å²) in [6.45, 7) is 0. The fourth-order valence-electron chi connectivity index (χ4n) is 5.09. The second kappa shape index (κ2) is 13.5. The van der Waals surface area contributed by atoms with Crippen molar-refractivity contribution in [3.05, 3.63) is 34.4 Å². The molecule has 0 aromatic heterocycles. The molecule has 0 unspecified atom stereocenters. The molecule has 2 aliphatic rings. The first-order valence-electron chi connectivity index (χ1n) is 12.4. The Morgan fingerprint density at radius 2 is 1.28 bits per heavy atom. The summed E-state index contributed by atoms with van der Waals surface area (Å²) < 4.78 is 0. The zero-order valence-electron chi connectivity index (χ0n) is 19.1. The van der Waals surface area contributed by atoms with Crippen LogP contribution in [-0.4, -0.2) is 33.9 Å². The van der Waals surface area contributed by atoms with Gasteiger partial charge in [0.15, 0.2) is 0 Å². The first-order chi connectivity index (χ1) is 15.6. The van der Waals surface area contributed by atoms with E-state index in [1.54, 1.807) is 6.07 Å². The van der Waals surface area contributed by atoms with E-state index in [4.69, 9.17) is 0 Å². The van der Waals surface area contributed by atoms with Gasteiger partial charge in [-0.2, -0.15) is 23.5 Å². The number of aromatic carboxylic acids is 2. The molecule has 0 atom stereocenters. The molecule has 0 heterocycles. The Kier molecular flexibility index (Phi) is 10.8. The summed E-state index contributed by atoms with van der Waals surface area (Å²) in [7, 11) is 0. The minimum absolute atomic E-state index is 0.162. The van der Waals surface area contributed by atoms with Gasteiger partial charge in [0.1, 0.15) is 0 Å². The molecule has 2 fully saturated rings. The van der Waals surface area contributed by atoms with E-state index in [0.29, 0.717) is 12.0 Å². The van der Waals surface area contributed by atoms with Crippen molar-refractivity contribution in [2.45, 2.75) is 100 Å². The van der Waals surface area contributed by atoms with Crippen molar-refractivity contribution in [3.63, 3.8) is 0 Å². The van der Waals surface area contributed by atoms with Crippen LogP contribution in [0.4, 0.5) is 0 Å². The zero-order chi connectivity index (χ0) is 22.8. The lowest BCUT2D eigenvalue weighted by Crippen LogP contribution is -2.31. The summed E-state index contributed by atoms with van der Waals surface area (Å²) in [5.74, 6) is -0.812. The molecular weight excluding hydrogens is 440 g/mol. The Morgan fingerprint density at radius 3 is 1.78 bits per heavy atom. The molecule has 2 saturated carbocycles. The Bertz CT molecular complexity index is 752. The van der Waals surface area contributed by atoms with E-state index in [1.807, 2.05) is 23.5 Å². The second-order valence-electron chi connectivity index (χ2n) is 9.17. The molecule has 4 nitrogen and oxygen atoms in total. The molecule has 0 radical (unpaired) electrons. The van der Waals surface area contributed by atoms with Gasteiger partial charge in [-0.3, -0.25) is 0 Å². The minimum Gasteiger partial charge on any atom is -0.545 e. The predicted molar refractivity (Wildman–Crippen MR) is 130 cm³/mol. The summed E-state index contributed by atoms with van der Waals surface area (Å²) >= 11 is 4.03. The Hall–Kier alpha value is -1.14. The van der Waals surface area contributed by atoms with E-state index in [9.17, 15) is 19.8 Å². The van der Waals surface area contributed by atoms with Crippen molar-refractivity contribution in [1.82, 2.24) is 0 Å². The number of rotatable bonds is 12. The van der Waals surface area contributed by atoms with Gasteiger partial charge in [0.2, 0.25) is 0 Å². The molecule has 0 amide bonds. The molecule has 1 aromatic carbocycles. The molecule has 0 aliphatic heterocycles. The molecule has 0 bridgehead atoms. The van der Waals surface area contributed by atoms with Gasteiger partial charge in [-0.25, -0.2) is 0 Å². The van der Waals surface area contributed by atoms with Crippen LogP contribution in [0.5, 0.6) is 0 Å². The lowest BCUT2D eigenvalue weighted by Gasteiger charge is -2.23. The lowest BCUT2D eigenvalue weighted by atomic mass is 9.91. The molecular formula is C26H36O4S2-2. The highest BCUT2D eigenvalue weighted by Gasteiger charge is 2.18. The third-order valence-electron chi connectivity index (χ3n) is 6.81. The average molecular weight is 477 g/mol. The SMILES string of the molecule is O=C([O-])c1ccc(CCCSC2CCCCC2)c(CCCSC2CCCCC2)c1C(=O)[O-]. The van der Waals surface area contributed by atoms with E-state index in [1.165, 1.54) is 70.3 Å². The number of carboxylic acid groups (broad SMARTS) is 2. The molecule has 3 rings (SSSR count). The highest BCUT2D eigenvalue weighted by Crippen LogP contribution is 2.31.